The van der Waals surface area contributed by atoms with Crippen LogP contribution < -0.4 is 11.1 Å². The van der Waals surface area contributed by atoms with E-state index in [0.29, 0.717) is 5.82 Å². The number of carbonyl (C=O) groups is 1. The highest BCUT2D eigenvalue weighted by molar-refractivity contribution is 5.97. The highest BCUT2D eigenvalue weighted by Gasteiger charge is 2.37. The van der Waals surface area contributed by atoms with Crippen LogP contribution >= 0.6 is 0 Å². The van der Waals surface area contributed by atoms with Crippen LogP contribution in [0.3, 0.4) is 0 Å². The van der Waals surface area contributed by atoms with E-state index in [0.717, 1.165) is 25.7 Å². The first-order chi connectivity index (χ1) is 7.10. The zero-order chi connectivity index (χ0) is 10.9. The summed E-state index contributed by atoms with van der Waals surface area (Å²) in [6.07, 6.45) is 5.39. The summed E-state index contributed by atoms with van der Waals surface area (Å²) in [6.45, 7) is 0. The Bertz CT molecular complexity index is 365. The standard InChI is InChI=1S/C10H16N4O/c1-14-7-4-8(13-14)12-9(15)10(11)5-2-3-6-10/h4,7H,2-3,5-6,11H2,1H3,(H,12,13,15). The second-order valence-electron chi connectivity index (χ2n) is 4.19. The Morgan fingerprint density at radius 2 is 2.27 bits per heavy atom. The Kier molecular flexibility index (Phi) is 2.48. The van der Waals surface area contributed by atoms with Gasteiger partial charge < -0.3 is 11.1 Å². The smallest absolute Gasteiger partial charge is 0.245 e. The number of carbonyl (C=O) groups excluding carboxylic acids is 1. The van der Waals surface area contributed by atoms with Gasteiger partial charge in [-0.3, -0.25) is 9.48 Å². The van der Waals surface area contributed by atoms with Gasteiger partial charge in [-0.15, -0.1) is 0 Å². The molecule has 3 N–H and O–H groups in total. The molecule has 0 bridgehead atoms. The predicted molar refractivity (Wildman–Crippen MR) is 57.2 cm³/mol. The summed E-state index contributed by atoms with van der Waals surface area (Å²) in [4.78, 5) is 11.9. The minimum Gasteiger partial charge on any atom is -0.317 e. The summed E-state index contributed by atoms with van der Waals surface area (Å²) < 4.78 is 1.65. The molecule has 1 aromatic rings. The first-order valence-electron chi connectivity index (χ1n) is 5.20. The molecule has 0 atom stereocenters. The predicted octanol–water partition coefficient (Wildman–Crippen LogP) is 0.630. The van der Waals surface area contributed by atoms with Crippen LogP contribution in [0.2, 0.25) is 0 Å². The lowest BCUT2D eigenvalue weighted by molar-refractivity contribution is -0.121. The number of anilines is 1. The monoisotopic (exact) mass is 208 g/mol. The third kappa shape index (κ3) is 2.02. The van der Waals surface area contributed by atoms with E-state index in [1.807, 2.05) is 7.05 Å². The normalized spacial score (nSPS) is 19.1. The van der Waals surface area contributed by atoms with Crippen LogP contribution in [-0.2, 0) is 11.8 Å². The van der Waals surface area contributed by atoms with E-state index in [-0.39, 0.29) is 5.91 Å². The van der Waals surface area contributed by atoms with Gasteiger partial charge in [-0.05, 0) is 12.8 Å². The molecular weight excluding hydrogens is 192 g/mol. The number of rotatable bonds is 2. The molecule has 1 amide bonds. The maximum atomic E-state index is 11.9. The van der Waals surface area contributed by atoms with Gasteiger partial charge in [0.2, 0.25) is 5.91 Å². The minimum atomic E-state index is -0.683. The van der Waals surface area contributed by atoms with Crippen molar-refractivity contribution >= 4 is 11.7 Å². The molecule has 0 unspecified atom stereocenters. The summed E-state index contributed by atoms with van der Waals surface area (Å²) in [6, 6.07) is 1.76. The lowest BCUT2D eigenvalue weighted by Gasteiger charge is -2.21. The quantitative estimate of drug-likeness (QED) is 0.748. The van der Waals surface area contributed by atoms with Crippen molar-refractivity contribution in [2.75, 3.05) is 5.32 Å². The molecule has 2 rings (SSSR count). The average Bonchev–Trinajstić information content (AvgIpc) is 2.76. The number of aromatic nitrogens is 2. The Hall–Kier alpha value is -1.36. The maximum absolute atomic E-state index is 11.9. The zero-order valence-corrected chi connectivity index (χ0v) is 8.86. The highest BCUT2D eigenvalue weighted by atomic mass is 16.2. The van der Waals surface area contributed by atoms with Crippen LogP contribution in [0.15, 0.2) is 12.3 Å². The molecule has 0 saturated heterocycles. The van der Waals surface area contributed by atoms with E-state index in [9.17, 15) is 4.79 Å². The Morgan fingerprint density at radius 3 is 2.80 bits per heavy atom. The molecule has 1 heterocycles. The van der Waals surface area contributed by atoms with E-state index in [4.69, 9.17) is 5.73 Å². The van der Waals surface area contributed by atoms with Gasteiger partial charge in [-0.25, -0.2) is 0 Å². The van der Waals surface area contributed by atoms with Crippen LogP contribution in [0.1, 0.15) is 25.7 Å². The number of aryl methyl sites for hydroxylation is 1. The number of hydrogen-bond donors (Lipinski definition) is 2. The van der Waals surface area contributed by atoms with Crippen LogP contribution in [-0.4, -0.2) is 21.2 Å². The van der Waals surface area contributed by atoms with E-state index in [1.165, 1.54) is 0 Å². The molecule has 1 saturated carbocycles. The van der Waals surface area contributed by atoms with Crippen LogP contribution in [0, 0.1) is 0 Å². The molecule has 1 aliphatic carbocycles. The number of nitrogens with two attached hydrogens (primary N) is 1. The van der Waals surface area contributed by atoms with Crippen molar-refractivity contribution in [2.45, 2.75) is 31.2 Å². The molecule has 5 heteroatoms. The van der Waals surface area contributed by atoms with Gasteiger partial charge in [-0.2, -0.15) is 5.10 Å². The van der Waals surface area contributed by atoms with Gasteiger partial charge in [0.15, 0.2) is 5.82 Å². The fourth-order valence-electron chi connectivity index (χ4n) is 1.96. The fourth-order valence-corrected chi connectivity index (χ4v) is 1.96. The molecule has 1 aliphatic rings. The van der Waals surface area contributed by atoms with Gasteiger partial charge in [-0.1, -0.05) is 12.8 Å². The Labute approximate surface area is 88.6 Å². The van der Waals surface area contributed by atoms with Crippen molar-refractivity contribution in [3.05, 3.63) is 12.3 Å². The van der Waals surface area contributed by atoms with Crippen LogP contribution in [0.25, 0.3) is 0 Å². The van der Waals surface area contributed by atoms with Gasteiger partial charge in [0.1, 0.15) is 0 Å². The van der Waals surface area contributed by atoms with E-state index >= 15 is 0 Å². The molecule has 15 heavy (non-hydrogen) atoms. The van der Waals surface area contributed by atoms with Crippen molar-refractivity contribution in [1.29, 1.82) is 0 Å². The topological polar surface area (TPSA) is 72.9 Å². The maximum Gasteiger partial charge on any atom is 0.245 e. The van der Waals surface area contributed by atoms with E-state index in [1.54, 1.807) is 16.9 Å². The van der Waals surface area contributed by atoms with Gasteiger partial charge in [0.25, 0.3) is 0 Å². The van der Waals surface area contributed by atoms with Crippen molar-refractivity contribution in [1.82, 2.24) is 9.78 Å². The molecular formula is C10H16N4O. The molecule has 0 spiro atoms. The first kappa shape index (κ1) is 10.2. The molecule has 1 fully saturated rings. The number of nitrogens with zero attached hydrogens (tertiary/aromatic N) is 2. The SMILES string of the molecule is Cn1ccc(NC(=O)C2(N)CCCC2)n1. The van der Waals surface area contributed by atoms with Crippen molar-refractivity contribution < 1.29 is 4.79 Å². The van der Waals surface area contributed by atoms with Crippen LogP contribution in [0.4, 0.5) is 5.82 Å². The van der Waals surface area contributed by atoms with Crippen molar-refractivity contribution in [2.24, 2.45) is 12.8 Å². The molecule has 0 aliphatic heterocycles. The van der Waals surface area contributed by atoms with Crippen molar-refractivity contribution in [3.8, 4) is 0 Å². The van der Waals surface area contributed by atoms with Crippen molar-refractivity contribution in [3.63, 3.8) is 0 Å². The minimum absolute atomic E-state index is 0.112. The van der Waals surface area contributed by atoms with Gasteiger partial charge in [0.05, 0.1) is 5.54 Å². The fraction of sp³-hybridized carbons (Fsp3) is 0.600. The summed E-state index contributed by atoms with van der Waals surface area (Å²) in [7, 11) is 1.81. The van der Waals surface area contributed by atoms with Gasteiger partial charge in [0, 0.05) is 19.3 Å². The molecule has 82 valence electrons. The third-order valence-electron chi connectivity index (χ3n) is 2.90. The summed E-state index contributed by atoms with van der Waals surface area (Å²) in [5.41, 5.74) is 5.33. The summed E-state index contributed by atoms with van der Waals surface area (Å²) in [5, 5.41) is 6.83. The molecule has 5 nitrogen and oxygen atoms in total. The second-order valence-corrected chi connectivity index (χ2v) is 4.19. The number of amides is 1. The van der Waals surface area contributed by atoms with Gasteiger partial charge >= 0.3 is 0 Å². The Morgan fingerprint density at radius 1 is 1.60 bits per heavy atom. The first-order valence-corrected chi connectivity index (χ1v) is 5.20. The Balaban J connectivity index is 2.03. The molecule has 1 aromatic heterocycles. The average molecular weight is 208 g/mol. The van der Waals surface area contributed by atoms with Crippen LogP contribution in [0.5, 0.6) is 0 Å². The highest BCUT2D eigenvalue weighted by Crippen LogP contribution is 2.28. The third-order valence-corrected chi connectivity index (χ3v) is 2.90. The summed E-state index contributed by atoms with van der Waals surface area (Å²) in [5.74, 6) is 0.456. The number of hydrogen-bond acceptors (Lipinski definition) is 3. The van der Waals surface area contributed by atoms with E-state index in [2.05, 4.69) is 10.4 Å². The molecule has 0 radical (unpaired) electrons. The molecule has 0 aromatic carbocycles. The second kappa shape index (κ2) is 3.66. The van der Waals surface area contributed by atoms with E-state index < -0.39 is 5.54 Å². The lowest BCUT2D eigenvalue weighted by atomic mass is 9.98. The largest absolute Gasteiger partial charge is 0.317 e. The summed E-state index contributed by atoms with van der Waals surface area (Å²) >= 11 is 0. The lowest BCUT2D eigenvalue weighted by Crippen LogP contribution is -2.48. The number of nitrogens with one attached hydrogen (secondary N) is 1. The zero-order valence-electron chi connectivity index (χ0n) is 8.86.